The van der Waals surface area contributed by atoms with Crippen LogP contribution in [0.25, 0.3) is 0 Å². The molecule has 0 bridgehead atoms. The molecule has 0 aliphatic heterocycles. The fourth-order valence-electron chi connectivity index (χ4n) is 1.54. The number of nitrogens with one attached hydrogen (secondary N) is 1. The predicted molar refractivity (Wildman–Crippen MR) is 67.6 cm³/mol. The summed E-state index contributed by atoms with van der Waals surface area (Å²) in [4.78, 5) is 5.53. The Balaban J connectivity index is 2.34. The molecule has 0 radical (unpaired) electrons. The highest BCUT2D eigenvalue weighted by atomic mass is 32.1. The van der Waals surface area contributed by atoms with Crippen LogP contribution in [0.4, 0.5) is 0 Å². The monoisotopic (exact) mass is 243 g/mol. The summed E-state index contributed by atoms with van der Waals surface area (Å²) in [5.41, 5.74) is 8.52. The van der Waals surface area contributed by atoms with Crippen LogP contribution in [0.15, 0.2) is 5.51 Å². The highest BCUT2D eigenvalue weighted by Gasteiger charge is 2.09. The molecule has 0 aromatic carbocycles. The second-order valence-corrected chi connectivity index (χ2v) is 4.76. The number of thiazole rings is 1. The predicted octanol–water partition coefficient (Wildman–Crippen LogP) is 1.30. The van der Waals surface area contributed by atoms with Crippen molar-refractivity contribution in [2.45, 2.75) is 32.4 Å². The van der Waals surface area contributed by atoms with Crippen molar-refractivity contribution in [3.05, 3.63) is 16.1 Å². The molecule has 5 heteroatoms. The van der Waals surface area contributed by atoms with Gasteiger partial charge in [-0.3, -0.25) is 0 Å². The first-order valence-electron chi connectivity index (χ1n) is 5.59. The van der Waals surface area contributed by atoms with Gasteiger partial charge in [0, 0.05) is 24.6 Å². The molecular weight excluding hydrogens is 222 g/mol. The van der Waals surface area contributed by atoms with Crippen molar-refractivity contribution in [2.75, 3.05) is 20.3 Å². The topological polar surface area (TPSA) is 60.2 Å². The minimum absolute atomic E-state index is 0.384. The average molecular weight is 243 g/mol. The van der Waals surface area contributed by atoms with E-state index >= 15 is 0 Å². The summed E-state index contributed by atoms with van der Waals surface area (Å²) in [6.07, 6.45) is 2.09. The summed E-state index contributed by atoms with van der Waals surface area (Å²) < 4.78 is 5.19. The average Bonchev–Trinajstić information content (AvgIpc) is 2.68. The van der Waals surface area contributed by atoms with Gasteiger partial charge in [-0.05, 0) is 26.3 Å². The Hall–Kier alpha value is -0.490. The van der Waals surface area contributed by atoms with Gasteiger partial charge in [-0.15, -0.1) is 11.3 Å². The van der Waals surface area contributed by atoms with Crippen molar-refractivity contribution in [3.63, 3.8) is 0 Å². The van der Waals surface area contributed by atoms with E-state index < -0.39 is 0 Å². The molecule has 1 atom stereocenters. The summed E-state index contributed by atoms with van der Waals surface area (Å²) in [7, 11) is 1.73. The Bertz CT molecular complexity index is 291. The third-order valence-corrected chi connectivity index (χ3v) is 3.46. The fourth-order valence-corrected chi connectivity index (χ4v) is 2.27. The lowest BCUT2D eigenvalue weighted by Crippen LogP contribution is -2.33. The maximum Gasteiger partial charge on any atom is 0.0798 e. The first-order valence-corrected chi connectivity index (χ1v) is 6.47. The van der Waals surface area contributed by atoms with Gasteiger partial charge >= 0.3 is 0 Å². The lowest BCUT2D eigenvalue weighted by molar-refractivity contribution is 0.161. The molecule has 0 aliphatic carbocycles. The Morgan fingerprint density at radius 3 is 3.00 bits per heavy atom. The van der Waals surface area contributed by atoms with Gasteiger partial charge in [0.1, 0.15) is 0 Å². The minimum Gasteiger partial charge on any atom is -0.383 e. The molecule has 16 heavy (non-hydrogen) atoms. The Morgan fingerprint density at radius 1 is 1.62 bits per heavy atom. The lowest BCUT2D eigenvalue weighted by atomic mass is 10.1. The normalized spacial score (nSPS) is 12.9. The van der Waals surface area contributed by atoms with Crippen LogP contribution in [0, 0.1) is 6.92 Å². The van der Waals surface area contributed by atoms with E-state index in [2.05, 4.69) is 10.3 Å². The number of hydrogen-bond acceptors (Lipinski definition) is 5. The molecule has 0 spiro atoms. The van der Waals surface area contributed by atoms with E-state index in [0.717, 1.165) is 38.2 Å². The summed E-state index contributed by atoms with van der Waals surface area (Å²) in [5, 5.41) is 3.49. The number of nitrogens with zero attached hydrogens (tertiary/aromatic N) is 1. The quantitative estimate of drug-likeness (QED) is 0.722. The minimum atomic E-state index is 0.384. The number of methoxy groups -OCH3 is 1. The first-order chi connectivity index (χ1) is 7.77. The van der Waals surface area contributed by atoms with Crippen LogP contribution in [0.3, 0.4) is 0 Å². The number of aromatic nitrogens is 1. The van der Waals surface area contributed by atoms with Gasteiger partial charge in [-0.25, -0.2) is 4.98 Å². The second-order valence-electron chi connectivity index (χ2n) is 3.83. The standard InChI is InChI=1S/C11H21N3OS/c1-9-11(16-8-14-9)6-13-10(7-15-2)4-3-5-12/h8,10,13H,3-7,12H2,1-2H3. The molecule has 1 aromatic heterocycles. The van der Waals surface area contributed by atoms with Crippen LogP contribution in [-0.4, -0.2) is 31.3 Å². The zero-order chi connectivity index (χ0) is 11.8. The fraction of sp³-hybridized carbons (Fsp3) is 0.727. The number of nitrogens with two attached hydrogens (primary N) is 1. The number of aryl methyl sites for hydroxylation is 1. The van der Waals surface area contributed by atoms with E-state index in [1.165, 1.54) is 4.88 Å². The smallest absolute Gasteiger partial charge is 0.0798 e. The van der Waals surface area contributed by atoms with Gasteiger partial charge in [-0.1, -0.05) is 0 Å². The second kappa shape index (κ2) is 7.73. The molecule has 4 nitrogen and oxygen atoms in total. The third kappa shape index (κ3) is 4.57. The molecule has 0 saturated heterocycles. The molecule has 0 amide bonds. The van der Waals surface area contributed by atoms with Crippen LogP contribution in [0.5, 0.6) is 0 Å². The van der Waals surface area contributed by atoms with Crippen molar-refractivity contribution >= 4 is 11.3 Å². The lowest BCUT2D eigenvalue weighted by Gasteiger charge is -2.17. The van der Waals surface area contributed by atoms with Crippen molar-refractivity contribution in [1.82, 2.24) is 10.3 Å². The zero-order valence-corrected chi connectivity index (χ0v) is 10.8. The summed E-state index contributed by atoms with van der Waals surface area (Å²) in [5.74, 6) is 0. The van der Waals surface area contributed by atoms with Crippen molar-refractivity contribution in [3.8, 4) is 0 Å². The maximum atomic E-state index is 5.51. The number of hydrogen-bond donors (Lipinski definition) is 2. The van der Waals surface area contributed by atoms with Crippen LogP contribution in [0.1, 0.15) is 23.4 Å². The molecule has 1 heterocycles. The van der Waals surface area contributed by atoms with E-state index in [9.17, 15) is 0 Å². The third-order valence-electron chi connectivity index (χ3n) is 2.52. The van der Waals surface area contributed by atoms with E-state index in [0.29, 0.717) is 6.04 Å². The molecule has 92 valence electrons. The largest absolute Gasteiger partial charge is 0.383 e. The van der Waals surface area contributed by atoms with Gasteiger partial charge in [0.05, 0.1) is 17.8 Å². The van der Waals surface area contributed by atoms with E-state index in [-0.39, 0.29) is 0 Å². The van der Waals surface area contributed by atoms with Crippen LogP contribution >= 0.6 is 11.3 Å². The SMILES string of the molecule is COCC(CCCN)NCc1scnc1C. The molecule has 1 aromatic rings. The molecule has 0 saturated carbocycles. The molecular formula is C11H21N3OS. The van der Waals surface area contributed by atoms with Crippen LogP contribution in [-0.2, 0) is 11.3 Å². The van der Waals surface area contributed by atoms with Gasteiger partial charge < -0.3 is 15.8 Å². The Labute approximate surface area is 101 Å². The van der Waals surface area contributed by atoms with Gasteiger partial charge in [0.15, 0.2) is 0 Å². The summed E-state index contributed by atoms with van der Waals surface area (Å²) in [6.45, 7) is 4.38. The molecule has 0 aliphatic rings. The summed E-state index contributed by atoms with van der Waals surface area (Å²) >= 11 is 1.69. The van der Waals surface area contributed by atoms with Crippen molar-refractivity contribution in [2.24, 2.45) is 5.73 Å². The Morgan fingerprint density at radius 2 is 2.44 bits per heavy atom. The van der Waals surface area contributed by atoms with Gasteiger partial charge in [0.25, 0.3) is 0 Å². The van der Waals surface area contributed by atoms with Crippen molar-refractivity contribution < 1.29 is 4.74 Å². The first kappa shape index (κ1) is 13.6. The Kier molecular flexibility index (Phi) is 6.56. The summed E-state index contributed by atoms with van der Waals surface area (Å²) in [6, 6.07) is 0.384. The van der Waals surface area contributed by atoms with E-state index in [4.69, 9.17) is 10.5 Å². The number of rotatable bonds is 8. The molecule has 0 fully saturated rings. The molecule has 1 unspecified atom stereocenters. The van der Waals surface area contributed by atoms with Crippen LogP contribution in [0.2, 0.25) is 0 Å². The van der Waals surface area contributed by atoms with Gasteiger partial charge in [0.2, 0.25) is 0 Å². The van der Waals surface area contributed by atoms with Gasteiger partial charge in [-0.2, -0.15) is 0 Å². The molecule has 3 N–H and O–H groups in total. The highest BCUT2D eigenvalue weighted by Crippen LogP contribution is 2.12. The van der Waals surface area contributed by atoms with E-state index in [1.54, 1.807) is 18.4 Å². The van der Waals surface area contributed by atoms with Crippen molar-refractivity contribution in [1.29, 1.82) is 0 Å². The highest BCUT2D eigenvalue weighted by molar-refractivity contribution is 7.09. The van der Waals surface area contributed by atoms with E-state index in [1.807, 2.05) is 12.4 Å². The zero-order valence-electron chi connectivity index (χ0n) is 10.0. The number of ether oxygens (including phenoxy) is 1. The van der Waals surface area contributed by atoms with Crippen LogP contribution < -0.4 is 11.1 Å². The molecule has 1 rings (SSSR count). The maximum absolute atomic E-state index is 5.51.